The average Bonchev–Trinajstić information content (AvgIpc) is 3.33. The summed E-state index contributed by atoms with van der Waals surface area (Å²) in [6.45, 7) is 0.480. The summed E-state index contributed by atoms with van der Waals surface area (Å²) in [5.41, 5.74) is 0.673. The first kappa shape index (κ1) is 19.1. The van der Waals surface area contributed by atoms with Gasteiger partial charge in [-0.05, 0) is 35.7 Å². The van der Waals surface area contributed by atoms with Gasteiger partial charge >= 0.3 is 6.03 Å². The van der Waals surface area contributed by atoms with E-state index in [0.717, 1.165) is 9.35 Å². The van der Waals surface area contributed by atoms with Crippen LogP contribution in [0.4, 0.5) is 10.5 Å². The quantitative estimate of drug-likeness (QED) is 0.444. The molecule has 1 aromatic carbocycles. The molecule has 0 fully saturated rings. The number of urea groups is 1. The van der Waals surface area contributed by atoms with E-state index in [1.54, 1.807) is 23.5 Å². The molecule has 8 nitrogen and oxygen atoms in total. The van der Waals surface area contributed by atoms with E-state index in [-0.39, 0.29) is 31.4 Å². The Morgan fingerprint density at radius 2 is 1.96 bits per heavy atom. The van der Waals surface area contributed by atoms with Crippen molar-refractivity contribution in [2.75, 3.05) is 11.9 Å². The van der Waals surface area contributed by atoms with Gasteiger partial charge in [0.15, 0.2) is 5.82 Å². The third kappa shape index (κ3) is 5.90. The van der Waals surface area contributed by atoms with Gasteiger partial charge in [-0.15, -0.1) is 11.3 Å². The van der Waals surface area contributed by atoms with Gasteiger partial charge in [-0.25, -0.2) is 9.78 Å². The Bertz CT molecular complexity index is 895. The number of halogens is 1. The Hall–Kier alpha value is -2.72. The highest BCUT2D eigenvalue weighted by atomic mass is 79.9. The third-order valence-electron chi connectivity index (χ3n) is 3.47. The fourth-order valence-corrected chi connectivity index (χ4v) is 3.08. The number of H-pyrrole nitrogens is 1. The summed E-state index contributed by atoms with van der Waals surface area (Å²) in [5.74, 6) is 1.00. The second-order valence-electron chi connectivity index (χ2n) is 5.50. The third-order valence-corrected chi connectivity index (χ3v) is 4.86. The molecule has 3 aromatic rings. The Morgan fingerprint density at radius 1 is 1.15 bits per heavy atom. The van der Waals surface area contributed by atoms with E-state index in [0.29, 0.717) is 17.3 Å². The molecule has 0 bridgehead atoms. The number of aromatic nitrogens is 3. The highest BCUT2D eigenvalue weighted by Crippen LogP contribution is 2.20. The molecule has 0 aliphatic heterocycles. The number of carbonyl (C=O) groups excluding carboxylic acids is 2. The zero-order valence-electron chi connectivity index (χ0n) is 14.2. The summed E-state index contributed by atoms with van der Waals surface area (Å²) in [7, 11) is 0. The number of thiophene rings is 1. The summed E-state index contributed by atoms with van der Waals surface area (Å²) >= 11 is 4.88. The van der Waals surface area contributed by atoms with Crippen LogP contribution in [0.15, 0.2) is 46.3 Å². The molecule has 4 N–H and O–H groups in total. The Balaban J connectivity index is 1.35. The lowest BCUT2D eigenvalue weighted by Crippen LogP contribution is -2.33. The largest absolute Gasteiger partial charge is 0.349 e. The van der Waals surface area contributed by atoms with Crippen LogP contribution in [0.5, 0.6) is 0 Å². The number of nitrogens with zero attached hydrogens (tertiary/aromatic N) is 2. The predicted molar refractivity (Wildman–Crippen MR) is 107 cm³/mol. The van der Waals surface area contributed by atoms with Crippen molar-refractivity contribution < 1.29 is 9.59 Å². The monoisotopic (exact) mass is 448 g/mol. The van der Waals surface area contributed by atoms with Crippen LogP contribution in [-0.4, -0.2) is 33.7 Å². The first-order valence-corrected chi connectivity index (χ1v) is 9.80. The van der Waals surface area contributed by atoms with Crippen LogP contribution in [0.2, 0.25) is 0 Å². The fraction of sp³-hybridized carbons (Fsp3) is 0.176. The number of rotatable bonds is 7. The summed E-state index contributed by atoms with van der Waals surface area (Å²) in [5, 5.41) is 16.9. The van der Waals surface area contributed by atoms with E-state index in [9.17, 15) is 9.59 Å². The fourth-order valence-electron chi connectivity index (χ4n) is 2.16. The number of aromatic amines is 1. The number of carbonyl (C=O) groups is 2. The van der Waals surface area contributed by atoms with Gasteiger partial charge in [0.25, 0.3) is 0 Å². The van der Waals surface area contributed by atoms with Crippen LogP contribution in [-0.2, 0) is 11.3 Å². The average molecular weight is 449 g/mol. The minimum absolute atomic E-state index is 0.166. The van der Waals surface area contributed by atoms with Gasteiger partial charge in [-0.2, -0.15) is 5.10 Å². The minimum Gasteiger partial charge on any atom is -0.349 e. The Labute approximate surface area is 167 Å². The SMILES string of the molecule is O=C(CCNC(=O)Nc1ccc(Br)cc1)NCc1nc(-c2cccs2)n[nH]1. The highest BCUT2D eigenvalue weighted by Gasteiger charge is 2.08. The van der Waals surface area contributed by atoms with Gasteiger partial charge in [0.05, 0.1) is 11.4 Å². The summed E-state index contributed by atoms with van der Waals surface area (Å²) in [4.78, 5) is 29.0. The first-order valence-electron chi connectivity index (χ1n) is 8.12. The van der Waals surface area contributed by atoms with Crippen LogP contribution in [0.3, 0.4) is 0 Å². The van der Waals surface area contributed by atoms with Crippen LogP contribution in [0, 0.1) is 0 Å². The van der Waals surface area contributed by atoms with Crippen molar-refractivity contribution in [1.29, 1.82) is 0 Å². The van der Waals surface area contributed by atoms with E-state index in [1.165, 1.54) is 0 Å². The molecule has 0 radical (unpaired) electrons. The smallest absolute Gasteiger partial charge is 0.319 e. The van der Waals surface area contributed by atoms with Gasteiger partial charge in [-0.3, -0.25) is 9.89 Å². The van der Waals surface area contributed by atoms with Crippen LogP contribution in [0.1, 0.15) is 12.2 Å². The lowest BCUT2D eigenvalue weighted by atomic mass is 10.3. The lowest BCUT2D eigenvalue weighted by molar-refractivity contribution is -0.121. The molecule has 140 valence electrons. The molecular formula is C17H17BrN6O2S. The van der Waals surface area contributed by atoms with Crippen molar-refractivity contribution >= 4 is 44.9 Å². The molecule has 0 unspecified atom stereocenters. The van der Waals surface area contributed by atoms with Crippen molar-refractivity contribution in [3.63, 3.8) is 0 Å². The zero-order valence-corrected chi connectivity index (χ0v) is 16.6. The number of hydrogen-bond acceptors (Lipinski definition) is 5. The molecular weight excluding hydrogens is 432 g/mol. The molecule has 0 saturated heterocycles. The van der Waals surface area contributed by atoms with Crippen LogP contribution in [0.25, 0.3) is 10.7 Å². The van der Waals surface area contributed by atoms with Crippen LogP contribution < -0.4 is 16.0 Å². The van der Waals surface area contributed by atoms with Crippen molar-refractivity contribution in [2.24, 2.45) is 0 Å². The van der Waals surface area contributed by atoms with E-state index in [2.05, 4.69) is 47.1 Å². The maximum Gasteiger partial charge on any atom is 0.319 e. The molecule has 3 amide bonds. The topological polar surface area (TPSA) is 112 Å². The normalized spacial score (nSPS) is 10.4. The molecule has 0 aliphatic carbocycles. The minimum atomic E-state index is -0.360. The molecule has 3 rings (SSSR count). The van der Waals surface area contributed by atoms with Gasteiger partial charge in [0, 0.05) is 23.1 Å². The van der Waals surface area contributed by atoms with E-state index < -0.39 is 0 Å². The molecule has 27 heavy (non-hydrogen) atoms. The lowest BCUT2D eigenvalue weighted by Gasteiger charge is -2.08. The summed E-state index contributed by atoms with van der Waals surface area (Å²) in [6, 6.07) is 10.7. The zero-order chi connectivity index (χ0) is 19.1. The van der Waals surface area contributed by atoms with Gasteiger partial charge in [0.2, 0.25) is 5.91 Å². The predicted octanol–water partition coefficient (Wildman–Crippen LogP) is 3.12. The molecule has 0 spiro atoms. The number of amides is 3. The number of nitrogens with one attached hydrogen (secondary N) is 4. The van der Waals surface area contributed by atoms with Crippen LogP contribution >= 0.6 is 27.3 Å². The van der Waals surface area contributed by atoms with Gasteiger partial charge < -0.3 is 16.0 Å². The van der Waals surface area contributed by atoms with Crippen molar-refractivity contribution in [3.8, 4) is 10.7 Å². The van der Waals surface area contributed by atoms with E-state index in [1.807, 2.05) is 29.6 Å². The highest BCUT2D eigenvalue weighted by molar-refractivity contribution is 9.10. The Kier molecular flexibility index (Phi) is 6.55. The van der Waals surface area contributed by atoms with E-state index in [4.69, 9.17) is 0 Å². The number of hydrogen-bond donors (Lipinski definition) is 4. The summed E-state index contributed by atoms with van der Waals surface area (Å²) in [6.07, 6.45) is 0.166. The van der Waals surface area contributed by atoms with Crippen molar-refractivity contribution in [2.45, 2.75) is 13.0 Å². The van der Waals surface area contributed by atoms with Gasteiger partial charge in [0.1, 0.15) is 5.82 Å². The second-order valence-corrected chi connectivity index (χ2v) is 7.36. The molecule has 2 aromatic heterocycles. The molecule has 0 saturated carbocycles. The molecule has 10 heteroatoms. The number of anilines is 1. The van der Waals surface area contributed by atoms with Crippen molar-refractivity contribution in [3.05, 3.63) is 52.1 Å². The molecule has 2 heterocycles. The molecule has 0 aliphatic rings. The Morgan fingerprint density at radius 3 is 2.70 bits per heavy atom. The first-order chi connectivity index (χ1) is 13.1. The summed E-state index contributed by atoms with van der Waals surface area (Å²) < 4.78 is 0.930. The maximum absolute atomic E-state index is 11.9. The van der Waals surface area contributed by atoms with E-state index >= 15 is 0 Å². The molecule has 0 atom stereocenters. The standard InChI is InChI=1S/C17H17BrN6O2S/c18-11-3-5-12(6-4-11)21-17(26)19-8-7-15(25)20-10-14-22-16(24-23-14)13-2-1-9-27-13/h1-6,9H,7-8,10H2,(H,20,25)(H2,19,21,26)(H,22,23,24). The maximum atomic E-state index is 11.9. The number of benzene rings is 1. The van der Waals surface area contributed by atoms with Crippen molar-refractivity contribution in [1.82, 2.24) is 25.8 Å². The van der Waals surface area contributed by atoms with Gasteiger partial charge in [-0.1, -0.05) is 22.0 Å². The second kappa shape index (κ2) is 9.28.